The molecule has 0 saturated carbocycles. The van der Waals surface area contributed by atoms with Crippen LogP contribution in [0.3, 0.4) is 0 Å². The van der Waals surface area contributed by atoms with Gasteiger partial charge in [0.2, 0.25) is 0 Å². The first-order chi connectivity index (χ1) is 15.1. The Bertz CT molecular complexity index is 1030. The minimum atomic E-state index is -0.211. The fourth-order valence-electron chi connectivity index (χ4n) is 3.52. The van der Waals surface area contributed by atoms with Crippen molar-refractivity contribution in [2.24, 2.45) is 0 Å². The smallest absolute Gasteiger partial charge is 0.267 e. The maximum Gasteiger partial charge on any atom is 0.267 e. The minimum Gasteiger partial charge on any atom is -0.369 e. The quantitative estimate of drug-likeness (QED) is 0.562. The van der Waals surface area contributed by atoms with Gasteiger partial charge in [-0.05, 0) is 54.0 Å². The van der Waals surface area contributed by atoms with E-state index < -0.39 is 0 Å². The molecule has 1 aliphatic heterocycles. The van der Waals surface area contributed by atoms with E-state index in [0.29, 0.717) is 11.4 Å². The first-order valence-electron chi connectivity index (χ1n) is 10.0. The molecule has 1 aromatic heterocycles. The molecule has 160 valence electrons. The normalized spacial score (nSPS) is 14.3. The summed E-state index contributed by atoms with van der Waals surface area (Å²) in [6, 6.07) is 18.5. The summed E-state index contributed by atoms with van der Waals surface area (Å²) in [7, 11) is 0. The van der Waals surface area contributed by atoms with Gasteiger partial charge >= 0.3 is 0 Å². The second-order valence-electron chi connectivity index (χ2n) is 7.29. The molecule has 1 aliphatic rings. The highest BCUT2D eigenvalue weighted by atomic mass is 32.1. The molecule has 1 fully saturated rings. The number of hydrogen-bond acceptors (Lipinski definition) is 5. The second kappa shape index (κ2) is 10.00. The van der Waals surface area contributed by atoms with E-state index in [2.05, 4.69) is 20.4 Å². The summed E-state index contributed by atoms with van der Waals surface area (Å²) in [6.45, 7) is 4.17. The van der Waals surface area contributed by atoms with Crippen LogP contribution in [0.5, 0.6) is 0 Å². The molecular weight excluding hydrogens is 431 g/mol. The number of thiocarbonyl (C=S) groups is 1. The molecule has 0 atom stereocenters. The summed E-state index contributed by atoms with van der Waals surface area (Å²) in [5.74, 6) is -0.352. The Kier molecular flexibility index (Phi) is 6.91. The van der Waals surface area contributed by atoms with Gasteiger partial charge in [0.1, 0.15) is 5.82 Å². The van der Waals surface area contributed by atoms with Crippen molar-refractivity contribution >= 4 is 45.9 Å². The van der Waals surface area contributed by atoms with Crippen LogP contribution in [0.25, 0.3) is 0 Å². The molecule has 1 amide bonds. The number of halogens is 1. The average molecular weight is 455 g/mol. The van der Waals surface area contributed by atoms with Crippen LogP contribution in [0.2, 0.25) is 0 Å². The predicted octanol–water partition coefficient (Wildman–Crippen LogP) is 4.34. The Morgan fingerprint density at radius 1 is 1.00 bits per heavy atom. The summed E-state index contributed by atoms with van der Waals surface area (Å²) < 4.78 is 13.9. The summed E-state index contributed by atoms with van der Waals surface area (Å²) in [5.41, 5.74) is 2.69. The lowest BCUT2D eigenvalue weighted by molar-refractivity contribution is 0.0981. The van der Waals surface area contributed by atoms with Gasteiger partial charge in [-0.3, -0.25) is 15.0 Å². The molecule has 0 aliphatic carbocycles. The lowest BCUT2D eigenvalue weighted by Gasteiger charge is -2.36. The number of nitrogens with one attached hydrogen (secondary N) is 2. The standard InChI is InChI=1S/C23H23FN4OS2/c24-20-5-2-1-4-17(20)16-27-11-13-28(14-12-27)19-9-7-18(8-10-19)25-23(30)26-22(29)21-6-3-15-31-21/h1-10,15H,11-14,16H2,(H2,25,26,29,30). The Balaban J connectivity index is 1.26. The summed E-state index contributed by atoms with van der Waals surface area (Å²) in [4.78, 5) is 17.3. The fraction of sp³-hybridized carbons (Fsp3) is 0.217. The fourth-order valence-corrected chi connectivity index (χ4v) is 4.35. The number of carbonyl (C=O) groups is 1. The third-order valence-electron chi connectivity index (χ3n) is 5.19. The third kappa shape index (κ3) is 5.66. The van der Waals surface area contributed by atoms with E-state index in [1.165, 1.54) is 17.4 Å². The van der Waals surface area contributed by atoms with Gasteiger partial charge in [-0.15, -0.1) is 11.3 Å². The van der Waals surface area contributed by atoms with Crippen molar-refractivity contribution in [1.29, 1.82) is 0 Å². The highest BCUT2D eigenvalue weighted by molar-refractivity contribution is 7.80. The van der Waals surface area contributed by atoms with Gasteiger partial charge in [-0.25, -0.2) is 4.39 Å². The van der Waals surface area contributed by atoms with Crippen LogP contribution in [0.4, 0.5) is 15.8 Å². The van der Waals surface area contributed by atoms with Crippen molar-refractivity contribution in [3.63, 3.8) is 0 Å². The first kappa shape index (κ1) is 21.4. The maximum atomic E-state index is 13.9. The number of amides is 1. The molecule has 0 spiro atoms. The number of hydrogen-bond donors (Lipinski definition) is 2. The molecule has 5 nitrogen and oxygen atoms in total. The van der Waals surface area contributed by atoms with Crippen LogP contribution in [-0.2, 0) is 6.54 Å². The van der Waals surface area contributed by atoms with Gasteiger partial charge in [0.25, 0.3) is 5.91 Å². The van der Waals surface area contributed by atoms with Crippen molar-refractivity contribution < 1.29 is 9.18 Å². The number of piperazine rings is 1. The first-order valence-corrected chi connectivity index (χ1v) is 11.3. The molecule has 3 aromatic rings. The Morgan fingerprint density at radius 2 is 1.74 bits per heavy atom. The highest BCUT2D eigenvalue weighted by Crippen LogP contribution is 2.21. The molecule has 8 heteroatoms. The number of thiophene rings is 1. The summed E-state index contributed by atoms with van der Waals surface area (Å²) in [5, 5.41) is 7.86. The zero-order chi connectivity index (χ0) is 21.6. The van der Waals surface area contributed by atoms with Gasteiger partial charge < -0.3 is 10.2 Å². The third-order valence-corrected chi connectivity index (χ3v) is 6.26. The van der Waals surface area contributed by atoms with Crippen molar-refractivity contribution in [2.75, 3.05) is 36.4 Å². The van der Waals surface area contributed by atoms with Crippen LogP contribution >= 0.6 is 23.6 Å². The largest absolute Gasteiger partial charge is 0.369 e. The lowest BCUT2D eigenvalue weighted by Crippen LogP contribution is -2.46. The molecule has 2 heterocycles. The molecule has 0 bridgehead atoms. The molecule has 1 saturated heterocycles. The Morgan fingerprint density at radius 3 is 2.42 bits per heavy atom. The van der Waals surface area contributed by atoms with Crippen LogP contribution in [0, 0.1) is 5.82 Å². The number of anilines is 2. The lowest BCUT2D eigenvalue weighted by atomic mass is 10.1. The molecule has 4 rings (SSSR count). The van der Waals surface area contributed by atoms with E-state index in [4.69, 9.17) is 12.2 Å². The van der Waals surface area contributed by atoms with Crippen molar-refractivity contribution in [1.82, 2.24) is 10.2 Å². The number of nitrogens with zero attached hydrogens (tertiary/aromatic N) is 2. The summed E-state index contributed by atoms with van der Waals surface area (Å²) in [6.07, 6.45) is 0. The second-order valence-corrected chi connectivity index (χ2v) is 8.64. The summed E-state index contributed by atoms with van der Waals surface area (Å²) >= 11 is 6.61. The van der Waals surface area contributed by atoms with Gasteiger partial charge in [-0.2, -0.15) is 0 Å². The van der Waals surface area contributed by atoms with E-state index >= 15 is 0 Å². The van der Waals surface area contributed by atoms with Crippen LogP contribution in [0.1, 0.15) is 15.2 Å². The minimum absolute atomic E-state index is 0.141. The van der Waals surface area contributed by atoms with Gasteiger partial charge in [0, 0.05) is 49.7 Å². The monoisotopic (exact) mass is 454 g/mol. The molecule has 0 unspecified atom stereocenters. The van der Waals surface area contributed by atoms with Crippen LogP contribution in [0.15, 0.2) is 66.0 Å². The van der Waals surface area contributed by atoms with Crippen LogP contribution < -0.4 is 15.5 Å². The van der Waals surface area contributed by atoms with E-state index in [1.54, 1.807) is 12.1 Å². The number of benzene rings is 2. The zero-order valence-electron chi connectivity index (χ0n) is 16.9. The van der Waals surface area contributed by atoms with Crippen LogP contribution in [-0.4, -0.2) is 42.1 Å². The number of rotatable bonds is 5. The molecule has 0 radical (unpaired) electrons. The molecule has 2 N–H and O–H groups in total. The molecule has 31 heavy (non-hydrogen) atoms. The van der Waals surface area contributed by atoms with E-state index in [0.717, 1.165) is 43.1 Å². The van der Waals surface area contributed by atoms with Crippen molar-refractivity contribution in [3.05, 3.63) is 82.3 Å². The van der Waals surface area contributed by atoms with Crippen molar-refractivity contribution in [3.8, 4) is 0 Å². The molecular formula is C23H23FN4OS2. The average Bonchev–Trinajstić information content (AvgIpc) is 3.32. The topological polar surface area (TPSA) is 47.6 Å². The van der Waals surface area contributed by atoms with E-state index in [-0.39, 0.29) is 16.8 Å². The Labute approximate surface area is 190 Å². The highest BCUT2D eigenvalue weighted by Gasteiger charge is 2.18. The van der Waals surface area contributed by atoms with E-state index in [9.17, 15) is 9.18 Å². The van der Waals surface area contributed by atoms with Gasteiger partial charge in [-0.1, -0.05) is 24.3 Å². The zero-order valence-corrected chi connectivity index (χ0v) is 18.5. The predicted molar refractivity (Wildman–Crippen MR) is 128 cm³/mol. The van der Waals surface area contributed by atoms with E-state index in [1.807, 2.05) is 47.8 Å². The van der Waals surface area contributed by atoms with Gasteiger partial charge in [0.15, 0.2) is 5.11 Å². The number of carbonyl (C=O) groups excluding carboxylic acids is 1. The molecule has 2 aromatic carbocycles. The maximum absolute atomic E-state index is 13.9. The SMILES string of the molecule is O=C(NC(=S)Nc1ccc(N2CCN(Cc3ccccc3F)CC2)cc1)c1cccs1. The Hall–Kier alpha value is -2.81. The van der Waals surface area contributed by atoms with Crippen molar-refractivity contribution in [2.45, 2.75) is 6.54 Å². The van der Waals surface area contributed by atoms with Gasteiger partial charge in [0.05, 0.1) is 4.88 Å².